The van der Waals surface area contributed by atoms with Gasteiger partial charge in [-0.1, -0.05) is 86.6 Å². The second kappa shape index (κ2) is 15.5. The van der Waals surface area contributed by atoms with E-state index in [2.05, 4.69) is 19.2 Å². The van der Waals surface area contributed by atoms with Crippen molar-refractivity contribution in [3.05, 3.63) is 107 Å². The number of thioether (sulfide) groups is 1. The standard InChI is InChI=1S/C20H18F2N2O2S.C8H10O.C3H8/c21-15-6-7-16(17(22)10-15)20-12-26-9-8-14(20)11-27-19(24-20)23-18(25)13-4-2-1-3-5-13;1-9-7-8-5-3-2-4-6-8;1-3-2/h1-7,10,14H,8-9,11-12H2,(H,23,24,25);2-6H,7H2,1H3;3H2,1-2H3. The Kier molecular flexibility index (Phi) is 12.1. The summed E-state index contributed by atoms with van der Waals surface area (Å²) in [4.78, 5) is 17.2. The summed E-state index contributed by atoms with van der Waals surface area (Å²) in [6.07, 6.45) is 1.98. The second-order valence-corrected chi connectivity index (χ2v) is 10.3. The highest BCUT2D eigenvalue weighted by Gasteiger charge is 2.47. The van der Waals surface area contributed by atoms with Crippen LogP contribution < -0.4 is 5.32 Å². The van der Waals surface area contributed by atoms with E-state index >= 15 is 0 Å². The predicted molar refractivity (Wildman–Crippen MR) is 154 cm³/mol. The maximum atomic E-state index is 14.6. The average molecular weight is 555 g/mol. The van der Waals surface area contributed by atoms with Crippen molar-refractivity contribution in [1.29, 1.82) is 0 Å². The van der Waals surface area contributed by atoms with Gasteiger partial charge in [-0.05, 0) is 30.2 Å². The van der Waals surface area contributed by atoms with Gasteiger partial charge in [0.15, 0.2) is 5.17 Å². The summed E-state index contributed by atoms with van der Waals surface area (Å²) in [6.45, 7) is 5.74. The van der Waals surface area contributed by atoms with Gasteiger partial charge in [-0.3, -0.25) is 4.79 Å². The highest BCUT2D eigenvalue weighted by atomic mass is 32.2. The predicted octanol–water partition coefficient (Wildman–Crippen LogP) is 6.98. The molecule has 0 saturated carbocycles. The van der Waals surface area contributed by atoms with E-state index in [0.29, 0.717) is 35.3 Å². The number of nitrogens with one attached hydrogen (secondary N) is 1. The summed E-state index contributed by atoms with van der Waals surface area (Å²) in [7, 11) is 1.70. The molecular weight excluding hydrogens is 518 g/mol. The molecule has 1 fully saturated rings. The fourth-order valence-corrected chi connectivity index (χ4v) is 5.50. The number of hydrogen-bond acceptors (Lipinski definition) is 5. The molecule has 0 aromatic heterocycles. The van der Waals surface area contributed by atoms with Gasteiger partial charge in [-0.15, -0.1) is 0 Å². The topological polar surface area (TPSA) is 59.9 Å². The fraction of sp³-hybridized carbons (Fsp3) is 0.355. The molecule has 8 heteroatoms. The molecule has 1 saturated heterocycles. The van der Waals surface area contributed by atoms with Crippen molar-refractivity contribution in [3.63, 3.8) is 0 Å². The highest BCUT2D eigenvalue weighted by molar-refractivity contribution is 8.13. The van der Waals surface area contributed by atoms with Crippen LogP contribution in [0.1, 0.15) is 48.2 Å². The number of nitrogens with zero attached hydrogens (tertiary/aromatic N) is 1. The first-order valence-electron chi connectivity index (χ1n) is 13.1. The third-order valence-electron chi connectivity index (χ3n) is 6.14. The van der Waals surface area contributed by atoms with Crippen LogP contribution >= 0.6 is 11.8 Å². The number of amidine groups is 1. The number of aliphatic imine (C=N–C) groups is 1. The third-order valence-corrected chi connectivity index (χ3v) is 7.17. The molecule has 2 unspecified atom stereocenters. The summed E-state index contributed by atoms with van der Waals surface area (Å²) in [5, 5.41) is 3.24. The average Bonchev–Trinajstić information content (AvgIpc) is 2.95. The summed E-state index contributed by atoms with van der Waals surface area (Å²) < 4.78 is 38.6. The second-order valence-electron chi connectivity index (χ2n) is 9.26. The van der Waals surface area contributed by atoms with E-state index in [4.69, 9.17) is 14.5 Å². The van der Waals surface area contributed by atoms with Crippen LogP contribution in [0, 0.1) is 17.6 Å². The molecule has 2 aliphatic heterocycles. The first kappa shape index (κ1) is 30.5. The Morgan fingerprint density at radius 1 is 1.08 bits per heavy atom. The zero-order valence-corrected chi connectivity index (χ0v) is 23.5. The molecule has 2 aliphatic rings. The number of carbonyl (C=O) groups excluding carboxylic acids is 1. The van der Waals surface area contributed by atoms with Gasteiger partial charge in [0.1, 0.15) is 17.2 Å². The molecule has 2 atom stereocenters. The summed E-state index contributed by atoms with van der Waals surface area (Å²) in [5.74, 6) is -0.823. The van der Waals surface area contributed by atoms with Crippen LogP contribution in [0.15, 0.2) is 83.9 Å². The van der Waals surface area contributed by atoms with Gasteiger partial charge in [0.25, 0.3) is 5.91 Å². The molecule has 39 heavy (non-hydrogen) atoms. The summed E-state index contributed by atoms with van der Waals surface area (Å²) >= 11 is 1.44. The van der Waals surface area contributed by atoms with Crippen LogP contribution in [0.25, 0.3) is 0 Å². The van der Waals surface area contributed by atoms with E-state index in [0.717, 1.165) is 12.5 Å². The number of hydrogen-bond donors (Lipinski definition) is 1. The zero-order valence-electron chi connectivity index (χ0n) is 22.7. The first-order valence-corrected chi connectivity index (χ1v) is 14.1. The fourth-order valence-electron chi connectivity index (χ4n) is 4.31. The molecule has 0 spiro atoms. The molecule has 1 N–H and O–H groups in total. The minimum Gasteiger partial charge on any atom is -0.380 e. The van der Waals surface area contributed by atoms with Crippen molar-refractivity contribution >= 4 is 22.8 Å². The monoisotopic (exact) mass is 554 g/mol. The van der Waals surface area contributed by atoms with Gasteiger partial charge in [0.2, 0.25) is 0 Å². The molecule has 3 aromatic carbocycles. The normalized spacial score (nSPS) is 19.7. The van der Waals surface area contributed by atoms with E-state index in [1.54, 1.807) is 31.4 Å². The molecule has 0 aliphatic carbocycles. The third kappa shape index (κ3) is 8.46. The van der Waals surface area contributed by atoms with Gasteiger partial charge in [-0.25, -0.2) is 13.8 Å². The van der Waals surface area contributed by atoms with Crippen molar-refractivity contribution in [1.82, 2.24) is 5.32 Å². The molecule has 208 valence electrons. The van der Waals surface area contributed by atoms with Crippen LogP contribution in [-0.4, -0.2) is 37.2 Å². The van der Waals surface area contributed by atoms with Crippen molar-refractivity contribution in [2.24, 2.45) is 10.9 Å². The SMILES string of the molecule is CCC.COCc1ccccc1.O=C(NC1=NC2(c3ccc(F)cc3F)COCCC2CS1)c1ccccc1. The number of benzene rings is 3. The molecule has 0 radical (unpaired) electrons. The summed E-state index contributed by atoms with van der Waals surface area (Å²) in [5.41, 5.74) is 1.09. The Hall–Kier alpha value is -3.07. The lowest BCUT2D eigenvalue weighted by Gasteiger charge is -2.44. The number of methoxy groups -OCH3 is 1. The smallest absolute Gasteiger partial charge is 0.257 e. The number of rotatable bonds is 4. The zero-order chi connectivity index (χ0) is 28.1. The van der Waals surface area contributed by atoms with Gasteiger partial charge in [-0.2, -0.15) is 0 Å². The Balaban J connectivity index is 0.000000293. The number of carbonyl (C=O) groups is 1. The van der Waals surface area contributed by atoms with Crippen LogP contribution in [-0.2, 0) is 21.6 Å². The van der Waals surface area contributed by atoms with E-state index in [1.807, 2.05) is 36.4 Å². The number of amides is 1. The van der Waals surface area contributed by atoms with Crippen molar-refractivity contribution < 1.29 is 23.0 Å². The maximum absolute atomic E-state index is 14.6. The largest absolute Gasteiger partial charge is 0.380 e. The Bertz CT molecular complexity index is 1210. The van der Waals surface area contributed by atoms with Gasteiger partial charge in [0.05, 0.1) is 13.2 Å². The Morgan fingerprint density at radius 2 is 1.74 bits per heavy atom. The van der Waals surface area contributed by atoms with Gasteiger partial charge >= 0.3 is 0 Å². The molecule has 3 aromatic rings. The lowest BCUT2D eigenvalue weighted by Crippen LogP contribution is -2.49. The Morgan fingerprint density at radius 3 is 2.38 bits per heavy atom. The van der Waals surface area contributed by atoms with Gasteiger partial charge < -0.3 is 14.8 Å². The molecule has 5 nitrogen and oxygen atoms in total. The summed E-state index contributed by atoms with van der Waals surface area (Å²) in [6, 6.07) is 22.5. The van der Waals surface area contributed by atoms with Crippen molar-refractivity contribution in [3.8, 4) is 0 Å². The lowest BCUT2D eigenvalue weighted by atomic mass is 9.76. The van der Waals surface area contributed by atoms with E-state index < -0.39 is 17.2 Å². The van der Waals surface area contributed by atoms with Crippen molar-refractivity contribution in [2.75, 3.05) is 26.1 Å². The van der Waals surface area contributed by atoms with E-state index in [-0.39, 0.29) is 18.4 Å². The lowest BCUT2D eigenvalue weighted by molar-refractivity contribution is 0.00285. The van der Waals surface area contributed by atoms with Crippen LogP contribution in [0.3, 0.4) is 0 Å². The molecule has 5 rings (SSSR count). The van der Waals surface area contributed by atoms with Crippen molar-refractivity contribution in [2.45, 2.75) is 38.8 Å². The minimum absolute atomic E-state index is 0.0496. The molecule has 0 bridgehead atoms. The Labute approximate surface area is 234 Å². The van der Waals surface area contributed by atoms with Crippen LogP contribution in [0.2, 0.25) is 0 Å². The van der Waals surface area contributed by atoms with E-state index in [9.17, 15) is 13.6 Å². The molecule has 2 heterocycles. The maximum Gasteiger partial charge on any atom is 0.257 e. The van der Waals surface area contributed by atoms with Gasteiger partial charge in [0, 0.05) is 42.6 Å². The minimum atomic E-state index is -0.958. The number of fused-ring (bicyclic) bond motifs is 1. The molecular formula is C31H36F2N2O3S. The number of ether oxygens (including phenoxy) is 2. The highest BCUT2D eigenvalue weighted by Crippen LogP contribution is 2.45. The molecule has 1 amide bonds. The quantitative estimate of drug-likeness (QED) is 0.378. The van der Waals surface area contributed by atoms with Crippen LogP contribution in [0.5, 0.6) is 0 Å². The number of halogens is 2. The first-order chi connectivity index (χ1) is 18.9. The van der Waals surface area contributed by atoms with E-state index in [1.165, 1.54) is 35.9 Å². The van der Waals surface area contributed by atoms with Crippen LogP contribution in [0.4, 0.5) is 8.78 Å².